The standard InChI is InChI=1S/C16H29N3/c1-13(2)7-9-19(5)16-12-17-8-6-15(16)11-18-10-14(3)4/h6,8,12-14,18H,7,9-11H2,1-5H3. The molecule has 19 heavy (non-hydrogen) atoms. The largest absolute Gasteiger partial charge is 0.373 e. The molecule has 0 amide bonds. The summed E-state index contributed by atoms with van der Waals surface area (Å²) in [7, 11) is 2.16. The summed E-state index contributed by atoms with van der Waals surface area (Å²) in [5.74, 6) is 1.42. The summed E-state index contributed by atoms with van der Waals surface area (Å²) in [6.45, 7) is 12.1. The zero-order valence-electron chi connectivity index (χ0n) is 13.1. The highest BCUT2D eigenvalue weighted by molar-refractivity contribution is 5.50. The Morgan fingerprint density at radius 1 is 1.21 bits per heavy atom. The molecule has 1 rings (SSSR count). The van der Waals surface area contributed by atoms with E-state index in [-0.39, 0.29) is 0 Å². The molecule has 3 heteroatoms. The van der Waals surface area contributed by atoms with Crippen LogP contribution in [0, 0.1) is 11.8 Å². The zero-order valence-corrected chi connectivity index (χ0v) is 13.1. The molecular formula is C16H29N3. The van der Waals surface area contributed by atoms with Crippen molar-refractivity contribution in [3.05, 3.63) is 24.0 Å². The number of aromatic nitrogens is 1. The molecule has 0 atom stereocenters. The lowest BCUT2D eigenvalue weighted by atomic mass is 10.1. The fourth-order valence-corrected chi connectivity index (χ4v) is 1.98. The van der Waals surface area contributed by atoms with E-state index in [1.165, 1.54) is 17.7 Å². The minimum atomic E-state index is 0.684. The number of pyridine rings is 1. The van der Waals surface area contributed by atoms with Crippen LogP contribution in [0.4, 0.5) is 5.69 Å². The molecule has 0 aromatic carbocycles. The predicted molar refractivity (Wildman–Crippen MR) is 83.5 cm³/mol. The van der Waals surface area contributed by atoms with Gasteiger partial charge in [-0.3, -0.25) is 4.98 Å². The quantitative estimate of drug-likeness (QED) is 0.780. The van der Waals surface area contributed by atoms with Crippen LogP contribution in [0.3, 0.4) is 0 Å². The monoisotopic (exact) mass is 263 g/mol. The molecule has 0 radical (unpaired) electrons. The first kappa shape index (κ1) is 16.0. The van der Waals surface area contributed by atoms with Gasteiger partial charge in [-0.05, 0) is 36.4 Å². The Balaban J connectivity index is 2.61. The van der Waals surface area contributed by atoms with Crippen molar-refractivity contribution in [1.82, 2.24) is 10.3 Å². The smallest absolute Gasteiger partial charge is 0.0595 e. The second-order valence-corrected chi connectivity index (χ2v) is 6.13. The van der Waals surface area contributed by atoms with Crippen LogP contribution in [0.1, 0.15) is 39.7 Å². The highest BCUT2D eigenvalue weighted by Gasteiger charge is 2.08. The topological polar surface area (TPSA) is 28.2 Å². The average Bonchev–Trinajstić information content (AvgIpc) is 2.36. The molecule has 1 heterocycles. The number of hydrogen-bond donors (Lipinski definition) is 1. The van der Waals surface area contributed by atoms with Crippen molar-refractivity contribution < 1.29 is 0 Å². The van der Waals surface area contributed by atoms with Gasteiger partial charge in [-0.25, -0.2) is 0 Å². The van der Waals surface area contributed by atoms with Gasteiger partial charge >= 0.3 is 0 Å². The SMILES string of the molecule is CC(C)CCN(C)c1cnccc1CNCC(C)C. The molecule has 0 bridgehead atoms. The van der Waals surface area contributed by atoms with Crippen molar-refractivity contribution in [3.8, 4) is 0 Å². The van der Waals surface area contributed by atoms with Crippen LogP contribution < -0.4 is 10.2 Å². The predicted octanol–water partition coefficient (Wildman–Crippen LogP) is 3.31. The molecule has 0 aliphatic heterocycles. The van der Waals surface area contributed by atoms with E-state index in [0.29, 0.717) is 5.92 Å². The second-order valence-electron chi connectivity index (χ2n) is 6.13. The van der Waals surface area contributed by atoms with Gasteiger partial charge in [0.15, 0.2) is 0 Å². The zero-order chi connectivity index (χ0) is 14.3. The summed E-state index contributed by atoms with van der Waals surface area (Å²) in [5.41, 5.74) is 2.58. The van der Waals surface area contributed by atoms with E-state index in [4.69, 9.17) is 0 Å². The highest BCUT2D eigenvalue weighted by Crippen LogP contribution is 2.18. The number of anilines is 1. The first-order chi connectivity index (χ1) is 9.00. The molecule has 0 saturated heterocycles. The number of rotatable bonds is 8. The normalized spacial score (nSPS) is 11.3. The third-order valence-corrected chi connectivity index (χ3v) is 3.21. The molecule has 3 nitrogen and oxygen atoms in total. The van der Waals surface area contributed by atoms with Crippen LogP contribution in [0.2, 0.25) is 0 Å². The highest BCUT2D eigenvalue weighted by atomic mass is 15.1. The molecule has 108 valence electrons. The van der Waals surface area contributed by atoms with E-state index in [9.17, 15) is 0 Å². The summed E-state index contributed by atoms with van der Waals surface area (Å²) in [6, 6.07) is 2.12. The van der Waals surface area contributed by atoms with Crippen molar-refractivity contribution in [3.63, 3.8) is 0 Å². The fraction of sp³-hybridized carbons (Fsp3) is 0.688. The molecule has 1 N–H and O–H groups in total. The molecular weight excluding hydrogens is 234 g/mol. The maximum Gasteiger partial charge on any atom is 0.0595 e. The van der Waals surface area contributed by atoms with E-state index in [2.05, 4.69) is 56.0 Å². The minimum absolute atomic E-state index is 0.684. The Bertz CT molecular complexity index is 361. The Kier molecular flexibility index (Phi) is 6.85. The van der Waals surface area contributed by atoms with E-state index >= 15 is 0 Å². The van der Waals surface area contributed by atoms with Gasteiger partial charge in [0.2, 0.25) is 0 Å². The molecule has 0 aliphatic rings. The molecule has 0 spiro atoms. The van der Waals surface area contributed by atoms with E-state index in [0.717, 1.165) is 25.6 Å². The minimum Gasteiger partial charge on any atom is -0.373 e. The summed E-state index contributed by atoms with van der Waals surface area (Å²) in [6.07, 6.45) is 5.07. The van der Waals surface area contributed by atoms with Crippen molar-refractivity contribution in [1.29, 1.82) is 0 Å². The van der Waals surface area contributed by atoms with Crippen LogP contribution in [0.15, 0.2) is 18.5 Å². The van der Waals surface area contributed by atoms with Gasteiger partial charge in [-0.1, -0.05) is 27.7 Å². The third kappa shape index (κ3) is 6.06. The average molecular weight is 263 g/mol. The van der Waals surface area contributed by atoms with Gasteiger partial charge < -0.3 is 10.2 Å². The molecule has 0 saturated carbocycles. The maximum absolute atomic E-state index is 4.27. The number of hydrogen-bond acceptors (Lipinski definition) is 3. The van der Waals surface area contributed by atoms with Crippen LogP contribution in [0.25, 0.3) is 0 Å². The van der Waals surface area contributed by atoms with Gasteiger partial charge in [0, 0.05) is 26.3 Å². The summed E-state index contributed by atoms with van der Waals surface area (Å²) in [5, 5.41) is 3.51. The molecule has 0 fully saturated rings. The van der Waals surface area contributed by atoms with Crippen molar-refractivity contribution >= 4 is 5.69 Å². The second kappa shape index (κ2) is 8.16. The van der Waals surface area contributed by atoms with E-state index in [1.807, 2.05) is 12.4 Å². The fourth-order valence-electron chi connectivity index (χ4n) is 1.98. The maximum atomic E-state index is 4.27. The number of nitrogens with one attached hydrogen (secondary N) is 1. The van der Waals surface area contributed by atoms with E-state index < -0.39 is 0 Å². The first-order valence-corrected chi connectivity index (χ1v) is 7.35. The Hall–Kier alpha value is -1.09. The van der Waals surface area contributed by atoms with Gasteiger partial charge in [0.05, 0.1) is 11.9 Å². The van der Waals surface area contributed by atoms with Gasteiger partial charge in [0.25, 0.3) is 0 Å². The Morgan fingerprint density at radius 2 is 1.95 bits per heavy atom. The van der Waals surface area contributed by atoms with Crippen LogP contribution >= 0.6 is 0 Å². The first-order valence-electron chi connectivity index (χ1n) is 7.35. The molecule has 1 aromatic heterocycles. The lowest BCUT2D eigenvalue weighted by molar-refractivity contribution is 0.550. The van der Waals surface area contributed by atoms with Crippen LogP contribution in [0.5, 0.6) is 0 Å². The van der Waals surface area contributed by atoms with E-state index in [1.54, 1.807) is 0 Å². The lowest BCUT2D eigenvalue weighted by Crippen LogP contribution is -2.24. The van der Waals surface area contributed by atoms with Crippen LogP contribution in [-0.4, -0.2) is 25.1 Å². The van der Waals surface area contributed by atoms with Gasteiger partial charge in [-0.15, -0.1) is 0 Å². The Morgan fingerprint density at radius 3 is 2.58 bits per heavy atom. The summed E-state index contributed by atoms with van der Waals surface area (Å²) in [4.78, 5) is 6.59. The summed E-state index contributed by atoms with van der Waals surface area (Å²) < 4.78 is 0. The molecule has 0 aliphatic carbocycles. The van der Waals surface area contributed by atoms with Crippen molar-refractivity contribution in [2.24, 2.45) is 11.8 Å². The third-order valence-electron chi connectivity index (χ3n) is 3.21. The van der Waals surface area contributed by atoms with Gasteiger partial charge in [0.1, 0.15) is 0 Å². The molecule has 0 unspecified atom stereocenters. The van der Waals surface area contributed by atoms with Crippen molar-refractivity contribution in [2.45, 2.75) is 40.7 Å². The Labute approximate surface area is 118 Å². The van der Waals surface area contributed by atoms with Crippen LogP contribution in [-0.2, 0) is 6.54 Å². The lowest BCUT2D eigenvalue weighted by Gasteiger charge is -2.23. The van der Waals surface area contributed by atoms with Gasteiger partial charge in [-0.2, -0.15) is 0 Å². The van der Waals surface area contributed by atoms with Crippen molar-refractivity contribution in [2.75, 3.05) is 25.0 Å². The number of nitrogens with zero attached hydrogens (tertiary/aromatic N) is 2. The molecule has 1 aromatic rings. The summed E-state index contributed by atoms with van der Waals surface area (Å²) >= 11 is 0.